The minimum Gasteiger partial charge on any atom is -0.462 e. The molecule has 394 valence electrons. The lowest BCUT2D eigenvalue weighted by Gasteiger charge is -2.18. The van der Waals surface area contributed by atoms with Gasteiger partial charge < -0.3 is 14.2 Å². The third-order valence-electron chi connectivity index (χ3n) is 12.8. The fourth-order valence-corrected chi connectivity index (χ4v) is 8.41. The van der Waals surface area contributed by atoms with E-state index in [0.717, 1.165) is 89.9 Å². The molecule has 0 aliphatic rings. The molecule has 0 spiro atoms. The predicted octanol–water partition coefficient (Wildman–Crippen LogP) is 19.6. The number of hydrogen-bond donors (Lipinski definition) is 0. The van der Waals surface area contributed by atoms with E-state index in [1.165, 1.54) is 167 Å². The fraction of sp³-hybridized carbons (Fsp3) is 0.790. The standard InChI is InChI=1S/C62H110O6/c1-4-7-10-13-16-18-20-22-24-25-26-27-28-29-30-31-32-33-34-35-36-37-38-40-41-43-46-49-52-55-61(64)67-58-59(57-66-60(63)54-51-48-45-15-12-9-6-3)68-62(65)56-53-50-47-44-42-39-23-21-19-17-14-11-8-5-2/h7,10,16,18,22,24,26-27,29-30,59H,4-6,8-9,11-15,17,19-21,23,25,28,31-58H2,1-3H3/b10-7-,18-16-,24-22-,27-26-,30-29-. The summed E-state index contributed by atoms with van der Waals surface area (Å²) in [4.78, 5) is 37.9. The van der Waals surface area contributed by atoms with Gasteiger partial charge in [0.15, 0.2) is 6.10 Å². The fourth-order valence-electron chi connectivity index (χ4n) is 8.41. The maximum atomic E-state index is 12.8. The average Bonchev–Trinajstić information content (AvgIpc) is 3.34. The highest BCUT2D eigenvalue weighted by Gasteiger charge is 2.19. The summed E-state index contributed by atoms with van der Waals surface area (Å²) in [7, 11) is 0. The van der Waals surface area contributed by atoms with E-state index in [-0.39, 0.29) is 31.1 Å². The van der Waals surface area contributed by atoms with Gasteiger partial charge in [-0.25, -0.2) is 0 Å². The van der Waals surface area contributed by atoms with Crippen LogP contribution >= 0.6 is 0 Å². The summed E-state index contributed by atoms with van der Waals surface area (Å²) in [6.45, 7) is 6.51. The van der Waals surface area contributed by atoms with Crippen molar-refractivity contribution in [1.29, 1.82) is 0 Å². The molecule has 0 rings (SSSR count). The highest BCUT2D eigenvalue weighted by molar-refractivity contribution is 5.71. The van der Waals surface area contributed by atoms with Crippen molar-refractivity contribution < 1.29 is 28.6 Å². The number of allylic oxidation sites excluding steroid dienone is 10. The zero-order valence-corrected chi connectivity index (χ0v) is 45.1. The number of esters is 3. The average molecular weight is 952 g/mol. The van der Waals surface area contributed by atoms with E-state index in [2.05, 4.69) is 81.5 Å². The maximum Gasteiger partial charge on any atom is 0.306 e. The molecule has 0 aromatic rings. The molecule has 0 aromatic heterocycles. The first-order valence-corrected chi connectivity index (χ1v) is 29.3. The molecule has 0 aliphatic heterocycles. The molecule has 0 aromatic carbocycles. The second kappa shape index (κ2) is 56.7. The number of carbonyl (C=O) groups is 3. The summed E-state index contributed by atoms with van der Waals surface area (Å²) in [6.07, 6.45) is 71.0. The van der Waals surface area contributed by atoms with Crippen LogP contribution in [0.1, 0.15) is 297 Å². The zero-order valence-electron chi connectivity index (χ0n) is 45.1. The van der Waals surface area contributed by atoms with Crippen LogP contribution in [0.15, 0.2) is 60.8 Å². The van der Waals surface area contributed by atoms with E-state index in [9.17, 15) is 14.4 Å². The SMILES string of the molecule is CC/C=C\C/C=C\C/C=C\C/C=C\C/C=C\CCCCCCCCCCCCCCCC(=O)OCC(COC(=O)CCCCCCCCC)OC(=O)CCCCCCCCCCCCCCCC. The van der Waals surface area contributed by atoms with Crippen molar-refractivity contribution in [2.75, 3.05) is 13.2 Å². The number of ether oxygens (including phenoxy) is 3. The van der Waals surface area contributed by atoms with Gasteiger partial charge in [-0.05, 0) is 64.2 Å². The minimum absolute atomic E-state index is 0.0699. The van der Waals surface area contributed by atoms with Gasteiger partial charge in [0.25, 0.3) is 0 Å². The van der Waals surface area contributed by atoms with Crippen LogP contribution < -0.4 is 0 Å². The predicted molar refractivity (Wildman–Crippen MR) is 293 cm³/mol. The van der Waals surface area contributed by atoms with Crippen molar-refractivity contribution in [3.8, 4) is 0 Å². The van der Waals surface area contributed by atoms with Gasteiger partial charge in [0.1, 0.15) is 13.2 Å². The highest BCUT2D eigenvalue weighted by atomic mass is 16.6. The lowest BCUT2D eigenvalue weighted by molar-refractivity contribution is -0.167. The topological polar surface area (TPSA) is 78.9 Å². The number of hydrogen-bond acceptors (Lipinski definition) is 6. The first-order valence-electron chi connectivity index (χ1n) is 29.3. The lowest BCUT2D eigenvalue weighted by Crippen LogP contribution is -2.30. The Morgan fingerprint density at radius 1 is 0.309 bits per heavy atom. The normalized spacial score (nSPS) is 12.5. The van der Waals surface area contributed by atoms with E-state index in [1.807, 2.05) is 0 Å². The van der Waals surface area contributed by atoms with E-state index in [1.54, 1.807) is 0 Å². The zero-order chi connectivity index (χ0) is 49.3. The van der Waals surface area contributed by atoms with Crippen molar-refractivity contribution in [3.63, 3.8) is 0 Å². The molecular formula is C62H110O6. The molecule has 0 N–H and O–H groups in total. The summed E-state index contributed by atoms with van der Waals surface area (Å²) in [5.74, 6) is -0.865. The molecule has 0 bridgehead atoms. The maximum absolute atomic E-state index is 12.8. The van der Waals surface area contributed by atoms with Gasteiger partial charge in [0.05, 0.1) is 0 Å². The van der Waals surface area contributed by atoms with Crippen LogP contribution in [0.5, 0.6) is 0 Å². The molecule has 6 heteroatoms. The van der Waals surface area contributed by atoms with Crippen LogP contribution in [0.25, 0.3) is 0 Å². The Morgan fingerprint density at radius 3 is 0.897 bits per heavy atom. The van der Waals surface area contributed by atoms with Gasteiger partial charge in [-0.2, -0.15) is 0 Å². The number of unbranched alkanes of at least 4 members (excludes halogenated alkanes) is 32. The Bertz CT molecular complexity index is 1230. The Morgan fingerprint density at radius 2 is 0.574 bits per heavy atom. The molecule has 68 heavy (non-hydrogen) atoms. The van der Waals surface area contributed by atoms with Gasteiger partial charge in [0, 0.05) is 19.3 Å². The van der Waals surface area contributed by atoms with Crippen LogP contribution in [0.4, 0.5) is 0 Å². The molecule has 0 fully saturated rings. The molecule has 0 saturated carbocycles. The van der Waals surface area contributed by atoms with Crippen LogP contribution in [0, 0.1) is 0 Å². The van der Waals surface area contributed by atoms with Gasteiger partial charge >= 0.3 is 17.9 Å². The van der Waals surface area contributed by atoms with Crippen molar-refractivity contribution in [2.45, 2.75) is 303 Å². The smallest absolute Gasteiger partial charge is 0.306 e. The van der Waals surface area contributed by atoms with Crippen LogP contribution in [0.2, 0.25) is 0 Å². The van der Waals surface area contributed by atoms with E-state index >= 15 is 0 Å². The Hall–Kier alpha value is -2.89. The number of carbonyl (C=O) groups excluding carboxylic acids is 3. The molecule has 6 nitrogen and oxygen atoms in total. The quantitative estimate of drug-likeness (QED) is 0.0262. The molecule has 1 unspecified atom stereocenters. The van der Waals surface area contributed by atoms with Crippen molar-refractivity contribution in [2.24, 2.45) is 0 Å². The third-order valence-corrected chi connectivity index (χ3v) is 12.8. The van der Waals surface area contributed by atoms with Crippen LogP contribution in [-0.2, 0) is 28.6 Å². The van der Waals surface area contributed by atoms with Crippen molar-refractivity contribution >= 4 is 17.9 Å². The van der Waals surface area contributed by atoms with Crippen molar-refractivity contribution in [3.05, 3.63) is 60.8 Å². The van der Waals surface area contributed by atoms with Gasteiger partial charge in [-0.3, -0.25) is 14.4 Å². The molecule has 0 aliphatic carbocycles. The second-order valence-electron chi connectivity index (χ2n) is 19.5. The van der Waals surface area contributed by atoms with Crippen LogP contribution in [0.3, 0.4) is 0 Å². The molecule has 0 amide bonds. The summed E-state index contributed by atoms with van der Waals surface area (Å²) < 4.78 is 16.8. The summed E-state index contributed by atoms with van der Waals surface area (Å²) >= 11 is 0. The second-order valence-corrected chi connectivity index (χ2v) is 19.5. The van der Waals surface area contributed by atoms with E-state index in [4.69, 9.17) is 14.2 Å². The third kappa shape index (κ3) is 54.1. The van der Waals surface area contributed by atoms with Gasteiger partial charge in [0.2, 0.25) is 0 Å². The number of rotatable bonds is 53. The molecule has 0 radical (unpaired) electrons. The molecule has 0 saturated heterocycles. The summed E-state index contributed by atoms with van der Waals surface area (Å²) in [5, 5.41) is 0. The van der Waals surface area contributed by atoms with Gasteiger partial charge in [-0.15, -0.1) is 0 Å². The highest BCUT2D eigenvalue weighted by Crippen LogP contribution is 2.16. The summed E-state index contributed by atoms with van der Waals surface area (Å²) in [6, 6.07) is 0. The van der Waals surface area contributed by atoms with Crippen LogP contribution in [-0.4, -0.2) is 37.2 Å². The van der Waals surface area contributed by atoms with E-state index < -0.39 is 6.10 Å². The Labute approximate surface area is 421 Å². The minimum atomic E-state index is -0.767. The van der Waals surface area contributed by atoms with E-state index in [0.29, 0.717) is 19.3 Å². The lowest BCUT2D eigenvalue weighted by atomic mass is 10.0. The summed E-state index contributed by atoms with van der Waals surface area (Å²) in [5.41, 5.74) is 0. The molecule has 1 atom stereocenters. The largest absolute Gasteiger partial charge is 0.462 e. The Kier molecular flexibility index (Phi) is 54.3. The molecule has 0 heterocycles. The first kappa shape index (κ1) is 65.1. The first-order chi connectivity index (χ1) is 33.5. The van der Waals surface area contributed by atoms with Crippen molar-refractivity contribution in [1.82, 2.24) is 0 Å². The monoisotopic (exact) mass is 951 g/mol. The van der Waals surface area contributed by atoms with Gasteiger partial charge in [-0.1, -0.05) is 274 Å². The molecular weight excluding hydrogens is 841 g/mol. The Balaban J connectivity index is 4.07.